The molecule has 0 aromatic heterocycles. The smallest absolute Gasteiger partial charge is 0.307 e. The minimum absolute atomic E-state index is 0.180. The van der Waals surface area contributed by atoms with Gasteiger partial charge in [0.2, 0.25) is 0 Å². The van der Waals surface area contributed by atoms with Gasteiger partial charge in [-0.2, -0.15) is 5.26 Å². The van der Waals surface area contributed by atoms with Crippen LogP contribution >= 0.6 is 23.4 Å². The number of para-hydroxylation sites is 1. The van der Waals surface area contributed by atoms with E-state index in [1.807, 2.05) is 18.2 Å². The Balaban J connectivity index is 1.78. The van der Waals surface area contributed by atoms with Crippen LogP contribution in [-0.2, 0) is 14.3 Å². The lowest BCUT2D eigenvalue weighted by Gasteiger charge is -2.14. The highest BCUT2D eigenvalue weighted by molar-refractivity contribution is 7.99. The van der Waals surface area contributed by atoms with E-state index >= 15 is 0 Å². The number of nitrogens with zero attached hydrogens (tertiary/aromatic N) is 1. The lowest BCUT2D eigenvalue weighted by Crippen LogP contribution is -2.30. The fourth-order valence-corrected chi connectivity index (χ4v) is 2.98. The molecule has 0 saturated carbocycles. The third-order valence-electron chi connectivity index (χ3n) is 3.37. The fraction of sp³-hybridized carbons (Fsp3) is 0.211. The van der Waals surface area contributed by atoms with Gasteiger partial charge in [0.25, 0.3) is 5.91 Å². The number of amides is 1. The maximum absolute atomic E-state index is 12.1. The highest BCUT2D eigenvalue weighted by Gasteiger charge is 2.18. The third-order valence-corrected chi connectivity index (χ3v) is 4.64. The van der Waals surface area contributed by atoms with Gasteiger partial charge in [-0.3, -0.25) is 9.59 Å². The molecule has 1 N–H and O–H groups in total. The Hall–Kier alpha value is -2.49. The van der Waals surface area contributed by atoms with Crippen molar-refractivity contribution in [1.82, 2.24) is 0 Å². The lowest BCUT2D eigenvalue weighted by molar-refractivity contribution is -0.152. The Morgan fingerprint density at radius 2 is 1.92 bits per heavy atom. The van der Waals surface area contributed by atoms with Crippen molar-refractivity contribution in [2.45, 2.75) is 24.3 Å². The lowest BCUT2D eigenvalue weighted by atomic mass is 10.2. The number of carbonyl (C=O) groups is 2. The van der Waals surface area contributed by atoms with E-state index in [9.17, 15) is 9.59 Å². The molecule has 1 amide bonds. The van der Waals surface area contributed by atoms with Crippen LogP contribution in [0.5, 0.6) is 0 Å². The van der Waals surface area contributed by atoms with Crippen LogP contribution in [0.4, 0.5) is 5.69 Å². The number of ether oxygens (including phenoxy) is 1. The van der Waals surface area contributed by atoms with E-state index in [4.69, 9.17) is 21.6 Å². The summed E-state index contributed by atoms with van der Waals surface area (Å²) in [6.45, 7) is 1.49. The molecule has 2 rings (SSSR count). The summed E-state index contributed by atoms with van der Waals surface area (Å²) in [7, 11) is 0. The summed E-state index contributed by atoms with van der Waals surface area (Å²) in [6.07, 6.45) is -0.769. The number of nitrogens with one attached hydrogen (secondary N) is 1. The number of carbonyl (C=O) groups excluding carboxylic acids is 2. The quantitative estimate of drug-likeness (QED) is 0.566. The zero-order valence-electron chi connectivity index (χ0n) is 14.1. The van der Waals surface area contributed by atoms with Crippen molar-refractivity contribution in [3.05, 3.63) is 59.1 Å². The number of anilines is 1. The molecule has 0 spiro atoms. The molecule has 0 unspecified atom stereocenters. The topological polar surface area (TPSA) is 79.2 Å². The number of thioether (sulfide) groups is 1. The number of halogens is 1. The summed E-state index contributed by atoms with van der Waals surface area (Å²) in [4.78, 5) is 25.0. The largest absolute Gasteiger partial charge is 0.453 e. The monoisotopic (exact) mass is 388 g/mol. The SMILES string of the molecule is C[C@@H](OC(=O)CCSc1ccc(Cl)cc1)C(=O)Nc1ccccc1C#N. The Morgan fingerprint density at radius 3 is 2.62 bits per heavy atom. The first kappa shape index (κ1) is 19.8. The molecule has 134 valence electrons. The average molecular weight is 389 g/mol. The van der Waals surface area contributed by atoms with Gasteiger partial charge >= 0.3 is 5.97 Å². The normalized spacial score (nSPS) is 11.3. The van der Waals surface area contributed by atoms with Crippen molar-refractivity contribution in [1.29, 1.82) is 5.26 Å². The number of rotatable bonds is 7. The van der Waals surface area contributed by atoms with Gasteiger partial charge in [0.1, 0.15) is 6.07 Å². The van der Waals surface area contributed by atoms with Crippen LogP contribution in [0.3, 0.4) is 0 Å². The second-order valence-corrected chi connectivity index (χ2v) is 6.94. The summed E-state index contributed by atoms with van der Waals surface area (Å²) in [5, 5.41) is 12.3. The number of hydrogen-bond donors (Lipinski definition) is 1. The standard InChI is InChI=1S/C19H17ClN2O3S/c1-13(19(24)22-17-5-3-2-4-14(17)12-21)25-18(23)10-11-26-16-8-6-15(20)7-9-16/h2-9,13H,10-11H2,1H3,(H,22,24)/t13-/m1/s1. The van der Waals surface area contributed by atoms with Gasteiger partial charge < -0.3 is 10.1 Å². The van der Waals surface area contributed by atoms with Crippen LogP contribution in [-0.4, -0.2) is 23.7 Å². The van der Waals surface area contributed by atoms with Gasteiger partial charge in [0.15, 0.2) is 6.10 Å². The van der Waals surface area contributed by atoms with Gasteiger partial charge in [-0.1, -0.05) is 23.7 Å². The number of hydrogen-bond acceptors (Lipinski definition) is 5. The Bertz CT molecular complexity index is 818. The first-order valence-electron chi connectivity index (χ1n) is 7.87. The maximum Gasteiger partial charge on any atom is 0.307 e. The number of benzene rings is 2. The number of esters is 1. The zero-order valence-corrected chi connectivity index (χ0v) is 15.6. The van der Waals surface area contributed by atoms with Crippen molar-refractivity contribution < 1.29 is 14.3 Å². The summed E-state index contributed by atoms with van der Waals surface area (Å²) < 4.78 is 5.15. The maximum atomic E-state index is 12.1. The predicted octanol–water partition coefficient (Wildman–Crippen LogP) is 4.26. The van der Waals surface area contributed by atoms with Crippen molar-refractivity contribution in [2.24, 2.45) is 0 Å². The van der Waals surface area contributed by atoms with Crippen LogP contribution < -0.4 is 5.32 Å². The predicted molar refractivity (Wildman–Crippen MR) is 102 cm³/mol. The van der Waals surface area contributed by atoms with Gasteiger partial charge in [0.05, 0.1) is 17.7 Å². The first-order chi connectivity index (χ1) is 12.5. The molecule has 0 bridgehead atoms. The van der Waals surface area contributed by atoms with Crippen LogP contribution in [0.1, 0.15) is 18.9 Å². The molecule has 1 atom stereocenters. The zero-order chi connectivity index (χ0) is 18.9. The van der Waals surface area contributed by atoms with Gasteiger partial charge in [0, 0.05) is 15.7 Å². The van der Waals surface area contributed by atoms with Gasteiger partial charge in [-0.05, 0) is 43.3 Å². The summed E-state index contributed by atoms with van der Waals surface area (Å²) in [5.41, 5.74) is 0.736. The Kier molecular flexibility index (Phi) is 7.52. The van der Waals surface area contributed by atoms with E-state index in [0.29, 0.717) is 22.0 Å². The van der Waals surface area contributed by atoms with Crippen LogP contribution in [0.2, 0.25) is 5.02 Å². The molecule has 0 saturated heterocycles. The summed E-state index contributed by atoms with van der Waals surface area (Å²) >= 11 is 7.33. The Morgan fingerprint density at radius 1 is 1.23 bits per heavy atom. The molecule has 5 nitrogen and oxygen atoms in total. The van der Waals surface area contributed by atoms with E-state index in [0.717, 1.165) is 4.90 Å². The van der Waals surface area contributed by atoms with E-state index in [1.54, 1.807) is 36.4 Å². The van der Waals surface area contributed by atoms with Gasteiger partial charge in [-0.25, -0.2) is 0 Å². The molecule has 7 heteroatoms. The third kappa shape index (κ3) is 6.10. The molecule has 0 radical (unpaired) electrons. The molecule has 2 aromatic carbocycles. The minimum atomic E-state index is -0.949. The van der Waals surface area contributed by atoms with Crippen molar-refractivity contribution in [3.8, 4) is 6.07 Å². The van der Waals surface area contributed by atoms with E-state index in [1.165, 1.54) is 18.7 Å². The molecule has 0 aliphatic rings. The van der Waals surface area contributed by atoms with Crippen LogP contribution in [0, 0.1) is 11.3 Å². The van der Waals surface area contributed by atoms with Crippen LogP contribution in [0.15, 0.2) is 53.4 Å². The molecule has 0 heterocycles. The molecule has 0 aliphatic heterocycles. The molecule has 0 aliphatic carbocycles. The molecular weight excluding hydrogens is 372 g/mol. The second-order valence-electron chi connectivity index (χ2n) is 5.33. The van der Waals surface area contributed by atoms with E-state index in [2.05, 4.69) is 5.32 Å². The van der Waals surface area contributed by atoms with E-state index in [-0.39, 0.29) is 6.42 Å². The number of nitriles is 1. The first-order valence-corrected chi connectivity index (χ1v) is 9.24. The van der Waals surface area contributed by atoms with Gasteiger partial charge in [-0.15, -0.1) is 11.8 Å². The summed E-state index contributed by atoms with van der Waals surface area (Å²) in [5.74, 6) is -0.402. The highest BCUT2D eigenvalue weighted by Crippen LogP contribution is 2.21. The Labute approximate surface area is 161 Å². The van der Waals surface area contributed by atoms with Crippen LogP contribution in [0.25, 0.3) is 0 Å². The fourth-order valence-electron chi connectivity index (χ4n) is 2.02. The summed E-state index contributed by atoms with van der Waals surface area (Å²) in [6, 6.07) is 15.9. The molecule has 26 heavy (non-hydrogen) atoms. The minimum Gasteiger partial charge on any atom is -0.453 e. The molecule has 2 aromatic rings. The second kappa shape index (κ2) is 9.85. The molecular formula is C19H17ClN2O3S. The average Bonchev–Trinajstić information content (AvgIpc) is 2.63. The van der Waals surface area contributed by atoms with E-state index < -0.39 is 18.0 Å². The molecule has 0 fully saturated rings. The van der Waals surface area contributed by atoms with Crippen molar-refractivity contribution in [3.63, 3.8) is 0 Å². The van der Waals surface area contributed by atoms with Crippen molar-refractivity contribution in [2.75, 3.05) is 11.1 Å². The highest BCUT2D eigenvalue weighted by atomic mass is 35.5. The van der Waals surface area contributed by atoms with Crippen molar-refractivity contribution >= 4 is 40.9 Å².